The number of hydrogen-bond donors (Lipinski definition) is 0. The predicted octanol–water partition coefficient (Wildman–Crippen LogP) is 15.1. The molecule has 1 aliphatic carbocycles. The molecular formula is C51H35NOS. The maximum Gasteiger partial charge on any atom is 0.135 e. The molecule has 0 spiro atoms. The Morgan fingerprint density at radius 3 is 1.83 bits per heavy atom. The van der Waals surface area contributed by atoms with Crippen LogP contribution in [0.4, 0.5) is 17.1 Å². The Kier molecular flexibility index (Phi) is 6.80. The second-order valence-corrected chi connectivity index (χ2v) is 16.0. The quantitative estimate of drug-likeness (QED) is 0.177. The molecule has 0 fully saturated rings. The smallest absolute Gasteiger partial charge is 0.135 e. The average Bonchev–Trinajstić information content (AvgIpc) is 3.85. The van der Waals surface area contributed by atoms with Crippen molar-refractivity contribution in [3.05, 3.63) is 187 Å². The SMILES string of the molecule is CC1(C)c2cc(-c3ccc4oc5ccccc5c4c3)ccc2-c2ccc(N(c3ccc(-c4ccccc4)cc3)c3ccc4sc5ccccc5c4c3)cc21. The lowest BCUT2D eigenvalue weighted by molar-refractivity contribution is 0.660. The molecule has 8 aromatic carbocycles. The van der Waals surface area contributed by atoms with Gasteiger partial charge in [0.05, 0.1) is 0 Å². The summed E-state index contributed by atoms with van der Waals surface area (Å²) in [6, 6.07) is 64.3. The molecule has 0 radical (unpaired) electrons. The van der Waals surface area contributed by atoms with Crippen LogP contribution in [0.25, 0.3) is 75.5 Å². The molecule has 0 bridgehead atoms. The zero-order valence-corrected chi connectivity index (χ0v) is 30.8. The third kappa shape index (κ3) is 4.79. The molecule has 0 N–H and O–H groups in total. The molecule has 0 aliphatic heterocycles. The van der Waals surface area contributed by atoms with Gasteiger partial charge in [-0.15, -0.1) is 11.3 Å². The number of hydrogen-bond acceptors (Lipinski definition) is 3. The van der Waals surface area contributed by atoms with Crippen molar-refractivity contribution in [3.8, 4) is 33.4 Å². The van der Waals surface area contributed by atoms with Gasteiger partial charge in [-0.2, -0.15) is 0 Å². The van der Waals surface area contributed by atoms with Crippen LogP contribution in [0.2, 0.25) is 0 Å². The van der Waals surface area contributed by atoms with E-state index in [4.69, 9.17) is 4.42 Å². The van der Waals surface area contributed by atoms with E-state index in [0.29, 0.717) is 0 Å². The number of benzene rings is 8. The Morgan fingerprint density at radius 2 is 0.981 bits per heavy atom. The van der Waals surface area contributed by atoms with E-state index in [9.17, 15) is 0 Å². The van der Waals surface area contributed by atoms with E-state index in [1.165, 1.54) is 64.7 Å². The van der Waals surface area contributed by atoms with Crippen molar-refractivity contribution in [2.45, 2.75) is 19.3 Å². The number of rotatable bonds is 5. The van der Waals surface area contributed by atoms with Gasteiger partial charge in [-0.1, -0.05) is 117 Å². The summed E-state index contributed by atoms with van der Waals surface area (Å²) in [6.45, 7) is 4.75. The maximum atomic E-state index is 6.15. The first-order valence-corrected chi connectivity index (χ1v) is 19.4. The van der Waals surface area contributed by atoms with Gasteiger partial charge in [-0.05, 0) is 117 Å². The Labute approximate surface area is 318 Å². The standard InChI is InChI=1S/C51H35NOS/c1-51(2)45-29-35(34-19-26-48-43(28-34)41-12-6-8-14-47(41)53-48)18-24-39(45)40-25-22-38(31-46(40)51)52(36-20-16-33(17-21-36)32-10-4-3-5-11-32)37-23-27-50-44(30-37)42-13-7-9-15-49(42)54-50/h3-31H,1-2H3. The van der Waals surface area contributed by atoms with Crippen LogP contribution in [-0.2, 0) is 5.41 Å². The van der Waals surface area contributed by atoms with Crippen molar-refractivity contribution >= 4 is 70.5 Å². The minimum atomic E-state index is -0.195. The fourth-order valence-electron chi connectivity index (χ4n) is 8.68. The summed E-state index contributed by atoms with van der Waals surface area (Å²) < 4.78 is 8.77. The second kappa shape index (κ2) is 11.8. The second-order valence-electron chi connectivity index (χ2n) is 15.0. The topological polar surface area (TPSA) is 16.4 Å². The van der Waals surface area contributed by atoms with Crippen molar-refractivity contribution in [1.29, 1.82) is 0 Å². The minimum Gasteiger partial charge on any atom is -0.456 e. The number of anilines is 3. The average molecular weight is 710 g/mol. The van der Waals surface area contributed by atoms with Crippen LogP contribution in [-0.4, -0.2) is 0 Å². The molecule has 0 saturated carbocycles. The zero-order valence-electron chi connectivity index (χ0n) is 30.0. The van der Waals surface area contributed by atoms with Crippen LogP contribution in [0, 0.1) is 0 Å². The first-order valence-electron chi connectivity index (χ1n) is 18.6. The highest BCUT2D eigenvalue weighted by Gasteiger charge is 2.36. The summed E-state index contributed by atoms with van der Waals surface area (Å²) in [5.41, 5.74) is 15.2. The lowest BCUT2D eigenvalue weighted by Gasteiger charge is -2.28. The van der Waals surface area contributed by atoms with E-state index >= 15 is 0 Å². The largest absolute Gasteiger partial charge is 0.456 e. The van der Waals surface area contributed by atoms with E-state index in [0.717, 1.165) is 39.0 Å². The number of furan rings is 1. The molecule has 54 heavy (non-hydrogen) atoms. The van der Waals surface area contributed by atoms with E-state index in [-0.39, 0.29) is 5.41 Å². The summed E-state index contributed by atoms with van der Waals surface area (Å²) in [5.74, 6) is 0. The van der Waals surface area contributed by atoms with Crippen LogP contribution in [0.1, 0.15) is 25.0 Å². The highest BCUT2D eigenvalue weighted by atomic mass is 32.1. The fraction of sp³-hybridized carbons (Fsp3) is 0.0588. The van der Waals surface area contributed by atoms with Gasteiger partial charge in [0.25, 0.3) is 0 Å². The van der Waals surface area contributed by atoms with Crippen LogP contribution in [0.3, 0.4) is 0 Å². The molecule has 0 atom stereocenters. The van der Waals surface area contributed by atoms with Gasteiger partial charge in [0.15, 0.2) is 0 Å². The van der Waals surface area contributed by atoms with Crippen molar-refractivity contribution in [2.75, 3.05) is 4.90 Å². The number of fused-ring (bicyclic) bond motifs is 9. The van der Waals surface area contributed by atoms with Crippen molar-refractivity contribution < 1.29 is 4.42 Å². The summed E-state index contributed by atoms with van der Waals surface area (Å²) in [7, 11) is 0. The zero-order chi connectivity index (χ0) is 36.0. The van der Waals surface area contributed by atoms with Crippen LogP contribution >= 0.6 is 11.3 Å². The van der Waals surface area contributed by atoms with Gasteiger partial charge in [0.1, 0.15) is 11.2 Å². The molecule has 1 aliphatic rings. The molecule has 2 aromatic heterocycles. The Bertz CT molecular complexity index is 3080. The molecule has 0 saturated heterocycles. The monoisotopic (exact) mass is 709 g/mol. The normalized spacial score (nSPS) is 13.1. The molecule has 11 rings (SSSR count). The van der Waals surface area contributed by atoms with Crippen molar-refractivity contribution in [1.82, 2.24) is 0 Å². The molecule has 10 aromatic rings. The van der Waals surface area contributed by atoms with Gasteiger partial charge >= 0.3 is 0 Å². The number of nitrogens with zero attached hydrogens (tertiary/aromatic N) is 1. The van der Waals surface area contributed by atoms with Gasteiger partial charge < -0.3 is 9.32 Å². The maximum absolute atomic E-state index is 6.15. The van der Waals surface area contributed by atoms with E-state index in [2.05, 4.69) is 183 Å². The minimum absolute atomic E-state index is 0.195. The highest BCUT2D eigenvalue weighted by molar-refractivity contribution is 7.25. The van der Waals surface area contributed by atoms with Gasteiger partial charge in [-0.3, -0.25) is 0 Å². The fourth-order valence-corrected chi connectivity index (χ4v) is 9.77. The summed E-state index contributed by atoms with van der Waals surface area (Å²) >= 11 is 1.86. The third-order valence-corrected chi connectivity index (χ3v) is 12.6. The summed E-state index contributed by atoms with van der Waals surface area (Å²) in [5, 5.41) is 4.91. The van der Waals surface area contributed by atoms with E-state index in [1.54, 1.807) is 0 Å². The molecule has 3 heteroatoms. The van der Waals surface area contributed by atoms with E-state index < -0.39 is 0 Å². The number of para-hydroxylation sites is 1. The Morgan fingerprint density at radius 1 is 0.407 bits per heavy atom. The molecule has 2 nitrogen and oxygen atoms in total. The third-order valence-electron chi connectivity index (χ3n) is 11.5. The Balaban J connectivity index is 1.03. The molecule has 0 amide bonds. The lowest BCUT2D eigenvalue weighted by atomic mass is 9.81. The molecular weight excluding hydrogens is 675 g/mol. The first-order chi connectivity index (χ1) is 26.5. The van der Waals surface area contributed by atoms with Crippen molar-refractivity contribution in [3.63, 3.8) is 0 Å². The lowest BCUT2D eigenvalue weighted by Crippen LogP contribution is -2.16. The number of thiophene rings is 1. The summed E-state index contributed by atoms with van der Waals surface area (Å²) in [6.07, 6.45) is 0. The molecule has 0 unspecified atom stereocenters. The molecule has 256 valence electrons. The van der Waals surface area contributed by atoms with Crippen LogP contribution in [0.15, 0.2) is 180 Å². The predicted molar refractivity (Wildman–Crippen MR) is 230 cm³/mol. The summed E-state index contributed by atoms with van der Waals surface area (Å²) in [4.78, 5) is 2.43. The first kappa shape index (κ1) is 31.1. The van der Waals surface area contributed by atoms with Crippen molar-refractivity contribution in [2.24, 2.45) is 0 Å². The van der Waals surface area contributed by atoms with Crippen LogP contribution in [0.5, 0.6) is 0 Å². The van der Waals surface area contributed by atoms with Gasteiger partial charge in [0, 0.05) is 53.4 Å². The highest BCUT2D eigenvalue weighted by Crippen LogP contribution is 2.52. The molecule has 2 heterocycles. The van der Waals surface area contributed by atoms with Crippen LogP contribution < -0.4 is 4.90 Å². The van der Waals surface area contributed by atoms with E-state index in [1.807, 2.05) is 23.5 Å². The van der Waals surface area contributed by atoms with Gasteiger partial charge in [-0.25, -0.2) is 0 Å². The van der Waals surface area contributed by atoms with Gasteiger partial charge in [0.2, 0.25) is 0 Å². The Hall–Kier alpha value is -6.42.